The molecule has 26 heavy (non-hydrogen) atoms. The minimum Gasteiger partial charge on any atom is -0.459 e. The lowest BCUT2D eigenvalue weighted by molar-refractivity contribution is -0.138. The highest BCUT2D eigenvalue weighted by atomic mass is 19.4. The van der Waals surface area contributed by atoms with Crippen molar-refractivity contribution in [3.05, 3.63) is 35.1 Å². The lowest BCUT2D eigenvalue weighted by Crippen LogP contribution is -2.21. The van der Waals surface area contributed by atoms with Crippen molar-refractivity contribution >= 4 is 5.97 Å². The maximum atomic E-state index is 13.4. The van der Waals surface area contributed by atoms with E-state index in [1.54, 1.807) is 0 Å². The number of hydrogen-bond donors (Lipinski definition) is 0. The van der Waals surface area contributed by atoms with Gasteiger partial charge in [0.2, 0.25) is 0 Å². The largest absolute Gasteiger partial charge is 0.459 e. The molecule has 148 valence electrons. The molecule has 0 radical (unpaired) electrons. The number of benzene rings is 1. The number of halogens is 4. The van der Waals surface area contributed by atoms with E-state index in [1.165, 1.54) is 0 Å². The van der Waals surface area contributed by atoms with Gasteiger partial charge in [0.25, 0.3) is 0 Å². The summed E-state index contributed by atoms with van der Waals surface area (Å²) in [4.78, 5) is 12.3. The van der Waals surface area contributed by atoms with E-state index < -0.39 is 35.2 Å². The standard InChI is InChI=1S/C20H28F4O2/c1-3-5-7-8-9-11-16(10-6-4-2)26-19(25)17-14-15(21)12-13-18(17)20(22,23)24/h12-14,16H,3-11H2,1-2H3. The van der Waals surface area contributed by atoms with E-state index in [9.17, 15) is 22.4 Å². The Labute approximate surface area is 152 Å². The van der Waals surface area contributed by atoms with Crippen molar-refractivity contribution in [2.45, 2.75) is 83.9 Å². The number of alkyl halides is 3. The highest BCUT2D eigenvalue weighted by molar-refractivity contribution is 5.91. The van der Waals surface area contributed by atoms with Gasteiger partial charge in [0.05, 0.1) is 11.1 Å². The van der Waals surface area contributed by atoms with E-state index in [1.807, 2.05) is 6.92 Å². The first kappa shape index (κ1) is 22.5. The lowest BCUT2D eigenvalue weighted by Gasteiger charge is -2.19. The summed E-state index contributed by atoms with van der Waals surface area (Å²) in [6.07, 6.45) is 2.98. The first-order chi connectivity index (χ1) is 12.3. The molecule has 0 saturated carbocycles. The molecule has 1 aromatic carbocycles. The molecule has 0 aliphatic rings. The van der Waals surface area contributed by atoms with E-state index in [0.717, 1.165) is 44.9 Å². The number of esters is 1. The van der Waals surface area contributed by atoms with Crippen molar-refractivity contribution in [1.29, 1.82) is 0 Å². The average molecular weight is 376 g/mol. The van der Waals surface area contributed by atoms with E-state index >= 15 is 0 Å². The van der Waals surface area contributed by atoms with Crippen LogP contribution in [-0.4, -0.2) is 12.1 Å². The van der Waals surface area contributed by atoms with Crippen LogP contribution in [0.4, 0.5) is 17.6 Å². The van der Waals surface area contributed by atoms with Crippen LogP contribution in [0.5, 0.6) is 0 Å². The van der Waals surface area contributed by atoms with Gasteiger partial charge in [-0.3, -0.25) is 0 Å². The quantitative estimate of drug-likeness (QED) is 0.238. The van der Waals surface area contributed by atoms with Crippen LogP contribution in [0.1, 0.15) is 87.6 Å². The molecule has 1 unspecified atom stereocenters. The van der Waals surface area contributed by atoms with Gasteiger partial charge in [-0.05, 0) is 37.5 Å². The van der Waals surface area contributed by atoms with Crippen LogP contribution in [-0.2, 0) is 10.9 Å². The molecule has 1 rings (SSSR count). The number of unbranched alkanes of at least 4 members (excludes halogenated alkanes) is 5. The average Bonchev–Trinajstić information content (AvgIpc) is 2.57. The van der Waals surface area contributed by atoms with Crippen LogP contribution >= 0.6 is 0 Å². The Balaban J connectivity index is 2.80. The Morgan fingerprint density at radius 1 is 1.00 bits per heavy atom. The second kappa shape index (κ2) is 11.2. The Morgan fingerprint density at radius 3 is 2.23 bits per heavy atom. The summed E-state index contributed by atoms with van der Waals surface area (Å²) >= 11 is 0. The summed E-state index contributed by atoms with van der Waals surface area (Å²) in [5.41, 5.74) is -1.92. The molecular formula is C20H28F4O2. The number of carbonyl (C=O) groups excluding carboxylic acids is 1. The molecule has 6 heteroatoms. The lowest BCUT2D eigenvalue weighted by atomic mass is 10.0. The van der Waals surface area contributed by atoms with Crippen molar-refractivity contribution in [2.24, 2.45) is 0 Å². The fourth-order valence-corrected chi connectivity index (χ4v) is 2.82. The zero-order valence-corrected chi connectivity index (χ0v) is 15.5. The van der Waals surface area contributed by atoms with Gasteiger partial charge in [-0.15, -0.1) is 0 Å². The normalized spacial score (nSPS) is 12.8. The first-order valence-corrected chi connectivity index (χ1v) is 9.37. The van der Waals surface area contributed by atoms with Crippen LogP contribution < -0.4 is 0 Å². The molecule has 0 aliphatic heterocycles. The van der Waals surface area contributed by atoms with Crippen molar-refractivity contribution < 1.29 is 27.1 Å². The van der Waals surface area contributed by atoms with Crippen molar-refractivity contribution in [3.8, 4) is 0 Å². The number of carbonyl (C=O) groups is 1. The van der Waals surface area contributed by atoms with Gasteiger partial charge < -0.3 is 4.74 Å². The second-order valence-corrected chi connectivity index (χ2v) is 6.56. The van der Waals surface area contributed by atoms with Crippen molar-refractivity contribution in [3.63, 3.8) is 0 Å². The van der Waals surface area contributed by atoms with Crippen molar-refractivity contribution in [2.75, 3.05) is 0 Å². The molecule has 0 amide bonds. The van der Waals surface area contributed by atoms with E-state index in [0.29, 0.717) is 31.0 Å². The number of rotatable bonds is 11. The molecule has 1 aromatic rings. The van der Waals surface area contributed by atoms with Gasteiger partial charge in [-0.25, -0.2) is 9.18 Å². The topological polar surface area (TPSA) is 26.3 Å². The number of hydrogen-bond acceptors (Lipinski definition) is 2. The molecule has 0 N–H and O–H groups in total. The van der Waals surface area contributed by atoms with Crippen molar-refractivity contribution in [1.82, 2.24) is 0 Å². The maximum absolute atomic E-state index is 13.4. The molecule has 0 fully saturated rings. The molecule has 0 heterocycles. The first-order valence-electron chi connectivity index (χ1n) is 9.37. The predicted molar refractivity (Wildman–Crippen MR) is 93.5 cm³/mol. The Hall–Kier alpha value is -1.59. The van der Waals surface area contributed by atoms with Crippen LogP contribution in [0.15, 0.2) is 18.2 Å². The van der Waals surface area contributed by atoms with Gasteiger partial charge in [0.1, 0.15) is 11.9 Å². The number of ether oxygens (including phenoxy) is 1. The molecule has 0 spiro atoms. The smallest absolute Gasteiger partial charge is 0.417 e. The fraction of sp³-hybridized carbons (Fsp3) is 0.650. The molecule has 0 aliphatic carbocycles. The van der Waals surface area contributed by atoms with Gasteiger partial charge in [0, 0.05) is 0 Å². The van der Waals surface area contributed by atoms with Crippen LogP contribution in [0.3, 0.4) is 0 Å². The SMILES string of the molecule is CCCCCCCC(CCCC)OC(=O)c1cc(F)ccc1C(F)(F)F. The van der Waals surface area contributed by atoms with E-state index in [2.05, 4.69) is 6.92 Å². The maximum Gasteiger partial charge on any atom is 0.417 e. The van der Waals surface area contributed by atoms with Crippen LogP contribution in [0.2, 0.25) is 0 Å². The van der Waals surface area contributed by atoms with E-state index in [-0.39, 0.29) is 0 Å². The van der Waals surface area contributed by atoms with Crippen LogP contribution in [0, 0.1) is 5.82 Å². The third kappa shape index (κ3) is 7.75. The minimum absolute atomic E-state index is 0.437. The highest BCUT2D eigenvalue weighted by Gasteiger charge is 2.36. The summed E-state index contributed by atoms with van der Waals surface area (Å²) in [5.74, 6) is -2.00. The third-order valence-corrected chi connectivity index (χ3v) is 4.29. The van der Waals surface area contributed by atoms with Gasteiger partial charge in [-0.1, -0.05) is 52.4 Å². The molecule has 0 aromatic heterocycles. The molecule has 2 nitrogen and oxygen atoms in total. The highest BCUT2D eigenvalue weighted by Crippen LogP contribution is 2.33. The zero-order chi connectivity index (χ0) is 19.6. The third-order valence-electron chi connectivity index (χ3n) is 4.29. The Bertz CT molecular complexity index is 555. The summed E-state index contributed by atoms with van der Waals surface area (Å²) in [5, 5.41) is 0. The summed E-state index contributed by atoms with van der Waals surface area (Å²) in [6, 6.07) is 1.88. The van der Waals surface area contributed by atoms with Crippen LogP contribution in [0.25, 0.3) is 0 Å². The van der Waals surface area contributed by atoms with Gasteiger partial charge in [-0.2, -0.15) is 13.2 Å². The minimum atomic E-state index is -4.73. The summed E-state index contributed by atoms with van der Waals surface area (Å²) in [6.45, 7) is 4.11. The Morgan fingerprint density at radius 2 is 1.62 bits per heavy atom. The molecule has 0 saturated heterocycles. The molecule has 0 bridgehead atoms. The Kier molecular flexibility index (Phi) is 9.66. The van der Waals surface area contributed by atoms with E-state index in [4.69, 9.17) is 4.74 Å². The fourth-order valence-electron chi connectivity index (χ4n) is 2.82. The summed E-state index contributed by atoms with van der Waals surface area (Å²) in [7, 11) is 0. The second-order valence-electron chi connectivity index (χ2n) is 6.56. The monoisotopic (exact) mass is 376 g/mol. The predicted octanol–water partition coefficient (Wildman–Crippen LogP) is 6.92. The zero-order valence-electron chi connectivity index (χ0n) is 15.5. The molecular weight excluding hydrogens is 348 g/mol. The van der Waals surface area contributed by atoms with Gasteiger partial charge in [0.15, 0.2) is 0 Å². The van der Waals surface area contributed by atoms with Gasteiger partial charge >= 0.3 is 12.1 Å². The molecule has 1 atom stereocenters. The summed E-state index contributed by atoms with van der Waals surface area (Å²) < 4.78 is 57.9.